The Bertz CT molecular complexity index is 817. The van der Waals surface area contributed by atoms with Gasteiger partial charge in [0.05, 0.1) is 27.9 Å². The van der Waals surface area contributed by atoms with Crippen LogP contribution < -0.4 is 24.8 Å². The molecule has 29 heavy (non-hydrogen) atoms. The average Bonchev–Trinajstić information content (AvgIpc) is 2.71. The largest absolute Gasteiger partial charge is 0.493 e. The number of hydrogen-bond donors (Lipinski definition) is 2. The van der Waals surface area contributed by atoms with E-state index in [4.69, 9.17) is 19.2 Å². The van der Waals surface area contributed by atoms with E-state index in [1.54, 1.807) is 21.3 Å². The van der Waals surface area contributed by atoms with Crippen LogP contribution in [0.25, 0.3) is 0 Å². The minimum absolute atomic E-state index is 0. The van der Waals surface area contributed by atoms with Crippen LogP contribution in [0.15, 0.2) is 41.4 Å². The lowest BCUT2D eigenvalue weighted by atomic mass is 9.78. The van der Waals surface area contributed by atoms with Crippen LogP contribution in [-0.4, -0.2) is 40.4 Å². The lowest BCUT2D eigenvalue weighted by Crippen LogP contribution is -2.41. The van der Waals surface area contributed by atoms with Crippen LogP contribution in [0.2, 0.25) is 0 Å². The number of aliphatic imine (C=N–C) groups is 1. The topological polar surface area (TPSA) is 64.1 Å². The van der Waals surface area contributed by atoms with Crippen LogP contribution in [0.3, 0.4) is 0 Å². The van der Waals surface area contributed by atoms with Crippen LogP contribution >= 0.6 is 24.0 Å². The third-order valence-electron chi connectivity index (χ3n) is 4.97. The molecule has 0 amide bonds. The van der Waals surface area contributed by atoms with Crippen LogP contribution in [0.4, 0.5) is 0 Å². The molecule has 6 nitrogen and oxygen atoms in total. The van der Waals surface area contributed by atoms with Crippen LogP contribution in [0, 0.1) is 0 Å². The number of halogens is 1. The highest BCUT2D eigenvalue weighted by molar-refractivity contribution is 14.0. The molecule has 158 valence electrons. The predicted molar refractivity (Wildman–Crippen MR) is 127 cm³/mol. The van der Waals surface area contributed by atoms with Crippen molar-refractivity contribution >= 4 is 29.9 Å². The monoisotopic (exact) mass is 511 g/mol. The fraction of sp³-hybridized carbons (Fsp3) is 0.409. The molecule has 0 aliphatic heterocycles. The second kappa shape index (κ2) is 11.1. The van der Waals surface area contributed by atoms with Crippen molar-refractivity contribution in [3.05, 3.63) is 53.1 Å². The molecule has 2 N–H and O–H groups in total. The Labute approximate surface area is 190 Å². The Balaban J connectivity index is 0.00000300. The van der Waals surface area contributed by atoms with Crippen molar-refractivity contribution in [1.29, 1.82) is 0 Å². The summed E-state index contributed by atoms with van der Waals surface area (Å²) in [4.78, 5) is 4.72. The third-order valence-corrected chi connectivity index (χ3v) is 4.97. The van der Waals surface area contributed by atoms with Gasteiger partial charge < -0.3 is 24.8 Å². The summed E-state index contributed by atoms with van der Waals surface area (Å²) >= 11 is 0. The molecule has 0 heterocycles. The number of nitrogens with one attached hydrogen (secondary N) is 2. The van der Waals surface area contributed by atoms with Crippen molar-refractivity contribution in [3.8, 4) is 17.2 Å². The smallest absolute Gasteiger partial charge is 0.203 e. The molecule has 0 fully saturated rings. The molecule has 1 unspecified atom stereocenters. The van der Waals surface area contributed by atoms with E-state index in [1.165, 1.54) is 11.1 Å². The van der Waals surface area contributed by atoms with E-state index in [0.29, 0.717) is 29.7 Å². The molecule has 0 aromatic heterocycles. The zero-order valence-corrected chi connectivity index (χ0v) is 19.8. The average molecular weight is 511 g/mol. The van der Waals surface area contributed by atoms with Crippen LogP contribution in [0.5, 0.6) is 17.2 Å². The summed E-state index contributed by atoms with van der Waals surface area (Å²) in [6.07, 6.45) is 1.12. The first kappa shape index (κ1) is 23.1. The van der Waals surface area contributed by atoms with E-state index in [-0.39, 0.29) is 24.0 Å². The molecule has 3 rings (SSSR count). The quantitative estimate of drug-likeness (QED) is 0.322. The predicted octanol–water partition coefficient (Wildman–Crippen LogP) is 3.73. The zero-order valence-electron chi connectivity index (χ0n) is 17.5. The first-order valence-electron chi connectivity index (χ1n) is 9.59. The van der Waals surface area contributed by atoms with Crippen LogP contribution in [-0.2, 0) is 13.0 Å². The Morgan fingerprint density at radius 1 is 1.03 bits per heavy atom. The molecule has 1 aliphatic rings. The van der Waals surface area contributed by atoms with E-state index < -0.39 is 0 Å². The highest BCUT2D eigenvalue weighted by Crippen LogP contribution is 2.38. The second-order valence-electron chi connectivity index (χ2n) is 6.71. The SMILES string of the molecule is CCNC(=NCc1cc(OC)c(OC)c(OC)c1)NCC1Cc2ccccc21.I. The van der Waals surface area contributed by atoms with Gasteiger partial charge in [0.2, 0.25) is 5.75 Å². The lowest BCUT2D eigenvalue weighted by Gasteiger charge is -2.30. The molecule has 1 aliphatic carbocycles. The Hall–Kier alpha value is -2.16. The third kappa shape index (κ3) is 5.46. The number of guanidine groups is 1. The fourth-order valence-corrected chi connectivity index (χ4v) is 3.50. The Morgan fingerprint density at radius 3 is 2.31 bits per heavy atom. The summed E-state index contributed by atoms with van der Waals surface area (Å²) in [7, 11) is 4.84. The summed E-state index contributed by atoms with van der Waals surface area (Å²) < 4.78 is 16.2. The molecule has 2 aromatic rings. The van der Waals surface area contributed by atoms with E-state index in [2.05, 4.69) is 41.8 Å². The number of nitrogens with zero attached hydrogens (tertiary/aromatic N) is 1. The van der Waals surface area contributed by atoms with E-state index in [0.717, 1.165) is 31.0 Å². The van der Waals surface area contributed by atoms with Gasteiger partial charge in [-0.25, -0.2) is 4.99 Å². The maximum absolute atomic E-state index is 5.42. The van der Waals surface area contributed by atoms with Crippen LogP contribution in [0.1, 0.15) is 29.5 Å². The normalized spacial score (nSPS) is 14.8. The molecular formula is C22H30IN3O3. The van der Waals surface area contributed by atoms with Gasteiger partial charge in [-0.3, -0.25) is 0 Å². The van der Waals surface area contributed by atoms with Crippen molar-refractivity contribution in [1.82, 2.24) is 10.6 Å². The zero-order chi connectivity index (χ0) is 19.9. The van der Waals surface area contributed by atoms with Gasteiger partial charge in [-0.1, -0.05) is 24.3 Å². The second-order valence-corrected chi connectivity index (χ2v) is 6.71. The molecule has 0 saturated heterocycles. The number of hydrogen-bond acceptors (Lipinski definition) is 4. The minimum atomic E-state index is 0. The van der Waals surface area contributed by atoms with Gasteiger partial charge >= 0.3 is 0 Å². The van der Waals surface area contributed by atoms with Gasteiger partial charge in [-0.05, 0) is 42.2 Å². The van der Waals surface area contributed by atoms with E-state index in [1.807, 2.05) is 12.1 Å². The number of rotatable bonds is 8. The summed E-state index contributed by atoms with van der Waals surface area (Å²) in [6.45, 7) is 4.25. The van der Waals surface area contributed by atoms with E-state index in [9.17, 15) is 0 Å². The highest BCUT2D eigenvalue weighted by atomic mass is 127. The first-order valence-corrected chi connectivity index (χ1v) is 9.59. The molecule has 0 bridgehead atoms. The molecular weight excluding hydrogens is 481 g/mol. The maximum Gasteiger partial charge on any atom is 0.203 e. The molecule has 7 heteroatoms. The fourth-order valence-electron chi connectivity index (χ4n) is 3.50. The summed E-state index contributed by atoms with van der Waals surface area (Å²) in [5.74, 6) is 3.21. The van der Waals surface area contributed by atoms with Gasteiger partial charge in [-0.15, -0.1) is 24.0 Å². The molecule has 1 atom stereocenters. The Morgan fingerprint density at radius 2 is 1.72 bits per heavy atom. The highest BCUT2D eigenvalue weighted by Gasteiger charge is 2.25. The summed E-state index contributed by atoms with van der Waals surface area (Å²) in [5.41, 5.74) is 3.88. The number of methoxy groups -OCH3 is 3. The van der Waals surface area contributed by atoms with E-state index >= 15 is 0 Å². The van der Waals surface area contributed by atoms with Crippen molar-refractivity contribution in [2.45, 2.75) is 25.8 Å². The molecule has 0 spiro atoms. The maximum atomic E-state index is 5.42. The Kier molecular flexibility index (Phi) is 8.88. The van der Waals surface area contributed by atoms with Crippen molar-refractivity contribution in [2.75, 3.05) is 34.4 Å². The van der Waals surface area contributed by atoms with Gasteiger partial charge in [0.15, 0.2) is 17.5 Å². The molecule has 0 saturated carbocycles. The number of fused-ring (bicyclic) bond motifs is 1. The van der Waals surface area contributed by atoms with Gasteiger partial charge in [0, 0.05) is 19.0 Å². The lowest BCUT2D eigenvalue weighted by molar-refractivity contribution is 0.324. The van der Waals surface area contributed by atoms with Crippen molar-refractivity contribution in [3.63, 3.8) is 0 Å². The standard InChI is InChI=1S/C22H29N3O3.HI/c1-5-23-22(25-14-17-12-16-8-6-7-9-18(16)17)24-13-15-10-19(26-2)21(28-4)20(11-15)27-3;/h6-11,17H,5,12-14H2,1-4H3,(H2,23,24,25);1H. The van der Waals surface area contributed by atoms with Crippen molar-refractivity contribution < 1.29 is 14.2 Å². The van der Waals surface area contributed by atoms with Gasteiger partial charge in [0.1, 0.15) is 0 Å². The summed E-state index contributed by atoms with van der Waals surface area (Å²) in [5, 5.41) is 6.78. The van der Waals surface area contributed by atoms with Crippen molar-refractivity contribution in [2.24, 2.45) is 4.99 Å². The van der Waals surface area contributed by atoms with Gasteiger partial charge in [0.25, 0.3) is 0 Å². The molecule has 2 aromatic carbocycles. The molecule has 0 radical (unpaired) electrons. The summed E-state index contributed by atoms with van der Waals surface area (Å²) in [6, 6.07) is 12.5. The number of ether oxygens (including phenoxy) is 3. The van der Waals surface area contributed by atoms with Gasteiger partial charge in [-0.2, -0.15) is 0 Å². The first-order chi connectivity index (χ1) is 13.7. The minimum Gasteiger partial charge on any atom is -0.493 e. The number of benzene rings is 2.